The summed E-state index contributed by atoms with van der Waals surface area (Å²) in [6, 6.07) is 58.0. The molecular formula is C89H91N8+3. The fourth-order valence-corrected chi connectivity index (χ4v) is 16.5. The Kier molecular flexibility index (Phi) is 15.1. The molecule has 5 aliphatic rings. The highest BCUT2D eigenvalue weighted by atomic mass is 14.9. The van der Waals surface area contributed by atoms with E-state index in [1.165, 1.54) is 165 Å². The second kappa shape index (κ2) is 24.6. The van der Waals surface area contributed by atoms with Crippen molar-refractivity contribution in [2.45, 2.75) is 143 Å². The zero-order chi connectivity index (χ0) is 71.5. The van der Waals surface area contributed by atoms with Crippen molar-refractivity contribution in [3.63, 3.8) is 0 Å². The molecule has 1 saturated carbocycles. The van der Waals surface area contributed by atoms with Crippen LogP contribution >= 0.6 is 0 Å². The minimum absolute atomic E-state index is 0.0193. The summed E-state index contributed by atoms with van der Waals surface area (Å²) >= 11 is 0. The molecule has 1 fully saturated rings. The lowest BCUT2D eigenvalue weighted by Crippen LogP contribution is -2.34. The van der Waals surface area contributed by atoms with E-state index in [4.69, 9.17) is 10.5 Å². The fourth-order valence-electron chi connectivity index (χ4n) is 16.5. The molecule has 97 heavy (non-hydrogen) atoms. The predicted octanol–water partition coefficient (Wildman–Crippen LogP) is 19.3. The van der Waals surface area contributed by atoms with Crippen LogP contribution < -0.4 is 13.7 Å². The topological polar surface area (TPSA) is 76.1 Å². The quantitative estimate of drug-likeness (QED) is 0.161. The van der Waals surface area contributed by atoms with Crippen LogP contribution in [0, 0.1) is 34.6 Å². The van der Waals surface area contributed by atoms with Gasteiger partial charge in [-0.25, -0.2) is 9.13 Å². The molecule has 1 atom stereocenters. The van der Waals surface area contributed by atoms with E-state index in [2.05, 4.69) is 271 Å². The van der Waals surface area contributed by atoms with Gasteiger partial charge in [0.15, 0.2) is 18.1 Å². The standard InChI is InChI=1S/C25H26N2.C22H23N2.2C21H21N2/c1-16(2)18-8-12-26-23(14-18)20-15-21-19-7-6-11-27-24(19)25(9-4-5-10-25)22(21)13-17(20)3;1-14-12-18-16-9-7-11-23-21(16)22(3,4)19(18)13-17(14)20-10-6-8-15(2)24(20)5;2*1-14-12-17-15-8-7-10-22-20(15)21(2,3)18(17)13-16(14)19-9-5-6-11-23(19)4/h6-8,11-16H,4-5,9-10H2,1-3H3;6-13H,1-5H3;2*5-13H,1-4H3/q;3*+1/i1D3,16D;;;. The highest BCUT2D eigenvalue weighted by Gasteiger charge is 2.47. The first kappa shape index (κ1) is 59.6. The van der Waals surface area contributed by atoms with Gasteiger partial charge in [-0.3, -0.25) is 24.9 Å². The van der Waals surface area contributed by atoms with E-state index in [0.717, 1.165) is 24.0 Å². The Morgan fingerprint density at radius 3 is 1.25 bits per heavy atom. The minimum atomic E-state index is -2.42. The molecule has 0 aliphatic heterocycles. The zero-order valence-corrected chi connectivity index (χ0v) is 59.0. The summed E-state index contributed by atoms with van der Waals surface area (Å²) in [4.78, 5) is 23.4. The van der Waals surface area contributed by atoms with E-state index in [1.54, 1.807) is 18.3 Å². The first-order valence-corrected chi connectivity index (χ1v) is 34.3. The van der Waals surface area contributed by atoms with Crippen LogP contribution in [0.15, 0.2) is 207 Å². The number of hydrogen-bond acceptors (Lipinski definition) is 5. The molecule has 1 spiro atoms. The molecule has 0 saturated heterocycles. The summed E-state index contributed by atoms with van der Waals surface area (Å²) in [5.74, 6) is -1.69. The SMILES string of the molecule is Cc1cc2c(cc1-c1cccc(C)[n+]1C)C(C)(C)c1ncccc1-2.Cc1cc2c(cc1-c1cccc[n+]1C)C(C)(C)c1ncccc1-2.Cc1cc2c(cc1-c1cccc[n+]1C)C(C)(C)c1ncccc1-2.[2H]C([2H])([2H])C([2H])(C)c1ccnc(-c2cc3c(cc2C)C2(CCCC2)c2ncccc2-3)c1. The minimum Gasteiger partial charge on any atom is -0.260 e. The number of nitrogens with zero attached hydrogens (tertiary/aromatic N) is 8. The van der Waals surface area contributed by atoms with Crippen LogP contribution in [0.3, 0.4) is 0 Å². The Bertz CT molecular complexity index is 5150. The molecule has 0 bridgehead atoms. The first-order valence-electron chi connectivity index (χ1n) is 36.3. The highest BCUT2D eigenvalue weighted by molar-refractivity contribution is 5.87. The van der Waals surface area contributed by atoms with E-state index in [0.29, 0.717) is 11.3 Å². The molecule has 8 heteroatoms. The van der Waals surface area contributed by atoms with Gasteiger partial charge < -0.3 is 0 Å². The first-order chi connectivity index (χ1) is 48.1. The number of hydrogen-bond donors (Lipinski definition) is 0. The molecule has 5 aliphatic carbocycles. The maximum Gasteiger partial charge on any atom is 0.212 e. The van der Waals surface area contributed by atoms with Crippen molar-refractivity contribution in [1.82, 2.24) is 24.9 Å². The number of aromatic nitrogens is 8. The van der Waals surface area contributed by atoms with Gasteiger partial charge in [-0.2, -0.15) is 4.57 Å². The zero-order valence-electron chi connectivity index (χ0n) is 63.0. The van der Waals surface area contributed by atoms with E-state index in [9.17, 15) is 0 Å². The molecule has 4 aromatic carbocycles. The average Bonchev–Trinajstić information content (AvgIpc) is 1.58. The predicted molar refractivity (Wildman–Crippen MR) is 395 cm³/mol. The lowest BCUT2D eigenvalue weighted by Gasteiger charge is -2.25. The van der Waals surface area contributed by atoms with Crippen LogP contribution in [-0.2, 0) is 42.8 Å². The van der Waals surface area contributed by atoms with E-state index >= 15 is 0 Å². The number of fused-ring (bicyclic) bond motifs is 14. The van der Waals surface area contributed by atoms with Crippen LogP contribution in [0.1, 0.15) is 171 Å². The van der Waals surface area contributed by atoms with E-state index in [1.807, 2.05) is 49.1 Å². The van der Waals surface area contributed by atoms with Crippen LogP contribution in [0.2, 0.25) is 0 Å². The van der Waals surface area contributed by atoms with E-state index < -0.39 is 12.7 Å². The molecule has 12 aromatic rings. The van der Waals surface area contributed by atoms with Crippen molar-refractivity contribution in [1.29, 1.82) is 0 Å². The molecule has 1 unspecified atom stereocenters. The van der Waals surface area contributed by atoms with Crippen LogP contribution in [0.4, 0.5) is 0 Å². The molecule has 8 heterocycles. The summed E-state index contributed by atoms with van der Waals surface area (Å²) in [5, 5.41) is 0. The third-order valence-electron chi connectivity index (χ3n) is 22.0. The maximum absolute atomic E-state index is 8.46. The number of aryl methyl sites for hydroxylation is 7. The highest BCUT2D eigenvalue weighted by Crippen LogP contribution is 2.58. The Balaban J connectivity index is 0.000000115. The molecule has 0 N–H and O–H groups in total. The lowest BCUT2D eigenvalue weighted by atomic mass is 9.78. The van der Waals surface area contributed by atoms with Gasteiger partial charge in [-0.05, 0) is 198 Å². The normalized spacial score (nSPS) is 16.4. The molecule has 8 aromatic heterocycles. The summed E-state index contributed by atoms with van der Waals surface area (Å²) in [7, 11) is 6.34. The van der Waals surface area contributed by atoms with Crippen LogP contribution in [-0.4, -0.2) is 24.9 Å². The molecular weight excluding hydrogens is 1180 g/mol. The Morgan fingerprint density at radius 2 is 0.794 bits per heavy atom. The molecule has 17 rings (SSSR count). The van der Waals surface area contributed by atoms with Gasteiger partial charge in [-0.1, -0.05) is 117 Å². The molecule has 0 radical (unpaired) electrons. The van der Waals surface area contributed by atoms with Gasteiger partial charge in [-0.15, -0.1) is 0 Å². The number of rotatable bonds is 5. The monoisotopic (exact) mass is 1280 g/mol. The van der Waals surface area contributed by atoms with Gasteiger partial charge >= 0.3 is 0 Å². The Labute approximate surface area is 580 Å². The Morgan fingerprint density at radius 1 is 0.381 bits per heavy atom. The van der Waals surface area contributed by atoms with Crippen molar-refractivity contribution in [2.75, 3.05) is 0 Å². The molecule has 484 valence electrons. The van der Waals surface area contributed by atoms with Crippen LogP contribution in [0.5, 0.6) is 0 Å². The van der Waals surface area contributed by atoms with Gasteiger partial charge in [0.05, 0.1) is 28.5 Å². The van der Waals surface area contributed by atoms with Crippen molar-refractivity contribution in [3.8, 4) is 89.5 Å². The van der Waals surface area contributed by atoms with Crippen molar-refractivity contribution < 1.29 is 19.2 Å². The van der Waals surface area contributed by atoms with Crippen LogP contribution in [0.25, 0.3) is 89.5 Å². The van der Waals surface area contributed by atoms with E-state index in [-0.39, 0.29) is 21.7 Å². The lowest BCUT2D eigenvalue weighted by molar-refractivity contribution is -0.666. The average molecular weight is 1280 g/mol. The number of benzene rings is 4. The third kappa shape index (κ3) is 10.8. The molecule has 0 amide bonds. The van der Waals surface area contributed by atoms with Crippen molar-refractivity contribution in [2.24, 2.45) is 21.1 Å². The summed E-state index contributed by atoms with van der Waals surface area (Å²) in [6.45, 7) is 23.5. The second-order valence-electron chi connectivity index (χ2n) is 29.2. The number of pyridine rings is 8. The van der Waals surface area contributed by atoms with Gasteiger partial charge in [0.1, 0.15) is 21.1 Å². The third-order valence-corrected chi connectivity index (χ3v) is 22.0. The summed E-state index contributed by atoms with van der Waals surface area (Å²) in [6.07, 6.45) is 18.1. The molecule has 8 nitrogen and oxygen atoms in total. The van der Waals surface area contributed by atoms with Gasteiger partial charge in [0.2, 0.25) is 17.1 Å². The maximum atomic E-state index is 8.46. The van der Waals surface area contributed by atoms with Crippen molar-refractivity contribution in [3.05, 3.63) is 286 Å². The van der Waals surface area contributed by atoms with Crippen molar-refractivity contribution >= 4 is 0 Å². The fraction of sp³-hybridized carbons (Fsp3) is 0.281. The van der Waals surface area contributed by atoms with Gasteiger partial charge in [0.25, 0.3) is 0 Å². The Hall–Kier alpha value is -9.92. The second-order valence-corrected chi connectivity index (χ2v) is 29.2. The smallest absolute Gasteiger partial charge is 0.212 e. The summed E-state index contributed by atoms with van der Waals surface area (Å²) in [5.41, 5.74) is 36.4. The van der Waals surface area contributed by atoms with Gasteiger partial charge in [0, 0.05) is 146 Å². The summed E-state index contributed by atoms with van der Waals surface area (Å²) < 4.78 is 38.4. The largest absolute Gasteiger partial charge is 0.260 e.